The van der Waals surface area contributed by atoms with Crippen LogP contribution < -0.4 is 5.32 Å². The summed E-state index contributed by atoms with van der Waals surface area (Å²) in [5, 5.41) is 12.7. The van der Waals surface area contributed by atoms with Crippen molar-refractivity contribution < 1.29 is 0 Å². The molecule has 1 rings (SSSR count). The molecular weight excluding hydrogens is 232 g/mol. The maximum Gasteiger partial charge on any atom is 0.211 e. The van der Waals surface area contributed by atoms with E-state index in [2.05, 4.69) is 20.5 Å². The van der Waals surface area contributed by atoms with Gasteiger partial charge in [0.25, 0.3) is 0 Å². The van der Waals surface area contributed by atoms with Gasteiger partial charge in [0.15, 0.2) is 0 Å². The van der Waals surface area contributed by atoms with Crippen LogP contribution in [0.2, 0.25) is 0 Å². The quantitative estimate of drug-likeness (QED) is 0.640. The first-order chi connectivity index (χ1) is 7.30. The van der Waals surface area contributed by atoms with E-state index in [0.29, 0.717) is 5.88 Å². The highest BCUT2D eigenvalue weighted by molar-refractivity contribution is 7.15. The van der Waals surface area contributed by atoms with Gasteiger partial charge in [0.1, 0.15) is 10.8 Å². The number of aromatic nitrogens is 2. The molecule has 15 heavy (non-hydrogen) atoms. The van der Waals surface area contributed by atoms with Crippen molar-refractivity contribution in [2.24, 2.45) is 4.99 Å². The van der Waals surface area contributed by atoms with Crippen molar-refractivity contribution in [1.29, 1.82) is 0 Å². The molecule has 0 saturated carbocycles. The molecule has 0 unspecified atom stereocenters. The van der Waals surface area contributed by atoms with E-state index in [4.69, 9.17) is 11.6 Å². The lowest BCUT2D eigenvalue weighted by Crippen LogP contribution is -1.95. The molecule has 0 aliphatic carbocycles. The summed E-state index contributed by atoms with van der Waals surface area (Å²) in [5.74, 6) is 1.34. The van der Waals surface area contributed by atoms with Crippen LogP contribution in [0.25, 0.3) is 0 Å². The van der Waals surface area contributed by atoms with Crippen LogP contribution >= 0.6 is 22.9 Å². The number of rotatable bonds is 5. The SMILES string of the molecule is C/C=N\C(=C/C)Nc1nnc(CCCl)s1. The maximum atomic E-state index is 5.61. The lowest BCUT2D eigenvalue weighted by Gasteiger charge is -1.99. The standard InChI is InChI=1S/C9H13ClN4S/c1-3-7(11-4-2)12-9-14-13-8(15-9)5-6-10/h3-4H,5-6H2,1-2H3,(H,12,14)/b7-3+,11-4-. The molecule has 0 aromatic carbocycles. The number of anilines is 1. The molecule has 0 radical (unpaired) electrons. The van der Waals surface area contributed by atoms with Crippen molar-refractivity contribution in [3.8, 4) is 0 Å². The van der Waals surface area contributed by atoms with Crippen molar-refractivity contribution in [1.82, 2.24) is 10.2 Å². The molecule has 0 atom stereocenters. The summed E-state index contributed by atoms with van der Waals surface area (Å²) in [6.45, 7) is 3.78. The Labute approximate surface area is 98.1 Å². The summed E-state index contributed by atoms with van der Waals surface area (Å²) in [6, 6.07) is 0. The second-order valence-corrected chi connectivity index (χ2v) is 4.07. The molecule has 0 saturated heterocycles. The number of nitrogens with one attached hydrogen (secondary N) is 1. The van der Waals surface area contributed by atoms with Gasteiger partial charge < -0.3 is 5.32 Å². The normalized spacial score (nSPS) is 12.3. The van der Waals surface area contributed by atoms with Crippen LogP contribution in [0.4, 0.5) is 5.13 Å². The molecule has 0 bridgehead atoms. The van der Waals surface area contributed by atoms with E-state index in [1.165, 1.54) is 11.3 Å². The van der Waals surface area contributed by atoms with Gasteiger partial charge in [-0.15, -0.1) is 21.8 Å². The maximum absolute atomic E-state index is 5.61. The molecule has 0 spiro atoms. The average Bonchev–Trinajstić information content (AvgIpc) is 2.66. The van der Waals surface area contributed by atoms with Crippen LogP contribution in [-0.4, -0.2) is 22.3 Å². The number of halogens is 1. The summed E-state index contributed by atoms with van der Waals surface area (Å²) in [5.41, 5.74) is 0. The van der Waals surface area contributed by atoms with Crippen molar-refractivity contribution in [3.63, 3.8) is 0 Å². The van der Waals surface area contributed by atoms with Gasteiger partial charge in [0, 0.05) is 18.5 Å². The summed E-state index contributed by atoms with van der Waals surface area (Å²) < 4.78 is 0. The largest absolute Gasteiger partial charge is 0.315 e. The third-order valence-corrected chi connectivity index (χ3v) is 2.64. The molecule has 0 aliphatic rings. The molecule has 1 aromatic rings. The van der Waals surface area contributed by atoms with Crippen molar-refractivity contribution in [3.05, 3.63) is 16.9 Å². The lowest BCUT2D eigenvalue weighted by atomic mass is 10.5. The predicted octanol–water partition coefficient (Wildman–Crippen LogP) is 2.68. The first kappa shape index (κ1) is 12.1. The number of nitrogens with zero attached hydrogens (tertiary/aromatic N) is 3. The van der Waals surface area contributed by atoms with E-state index >= 15 is 0 Å². The summed E-state index contributed by atoms with van der Waals surface area (Å²) >= 11 is 7.11. The van der Waals surface area contributed by atoms with Crippen LogP contribution in [0.3, 0.4) is 0 Å². The second kappa shape index (κ2) is 6.53. The Morgan fingerprint density at radius 3 is 2.93 bits per heavy atom. The molecule has 1 N–H and O–H groups in total. The van der Waals surface area contributed by atoms with Gasteiger partial charge in [-0.05, 0) is 19.9 Å². The molecule has 4 nitrogen and oxygen atoms in total. The molecule has 1 aromatic heterocycles. The highest BCUT2D eigenvalue weighted by Crippen LogP contribution is 2.17. The van der Waals surface area contributed by atoms with Crippen LogP contribution in [0, 0.1) is 0 Å². The van der Waals surface area contributed by atoms with Crippen molar-refractivity contribution in [2.45, 2.75) is 20.3 Å². The zero-order valence-corrected chi connectivity index (χ0v) is 10.3. The third-order valence-electron chi connectivity index (χ3n) is 1.55. The van der Waals surface area contributed by atoms with E-state index in [9.17, 15) is 0 Å². The Morgan fingerprint density at radius 2 is 2.33 bits per heavy atom. The zero-order valence-electron chi connectivity index (χ0n) is 8.70. The summed E-state index contributed by atoms with van der Waals surface area (Å²) in [6.07, 6.45) is 4.36. The smallest absolute Gasteiger partial charge is 0.211 e. The molecule has 0 aliphatic heterocycles. The predicted molar refractivity (Wildman–Crippen MR) is 65.9 cm³/mol. The molecule has 6 heteroatoms. The van der Waals surface area contributed by atoms with E-state index in [-0.39, 0.29) is 0 Å². The number of aryl methyl sites for hydroxylation is 1. The lowest BCUT2D eigenvalue weighted by molar-refractivity contribution is 0.986. The van der Waals surface area contributed by atoms with Gasteiger partial charge in [0.05, 0.1) is 0 Å². The monoisotopic (exact) mass is 244 g/mol. The third kappa shape index (κ3) is 3.97. The van der Waals surface area contributed by atoms with Gasteiger partial charge in [-0.1, -0.05) is 11.3 Å². The minimum absolute atomic E-state index is 0.568. The molecular formula is C9H13ClN4S. The Hall–Kier alpha value is -0.940. The second-order valence-electron chi connectivity index (χ2n) is 2.63. The van der Waals surface area contributed by atoms with Crippen LogP contribution in [0.5, 0.6) is 0 Å². The van der Waals surface area contributed by atoms with Gasteiger partial charge >= 0.3 is 0 Å². The Morgan fingerprint density at radius 1 is 1.53 bits per heavy atom. The summed E-state index contributed by atoms with van der Waals surface area (Å²) in [4.78, 5) is 4.13. The average molecular weight is 245 g/mol. The number of hydrogen-bond acceptors (Lipinski definition) is 5. The fourth-order valence-electron chi connectivity index (χ4n) is 0.914. The van der Waals surface area contributed by atoms with E-state index in [1.807, 2.05) is 19.9 Å². The topological polar surface area (TPSA) is 50.2 Å². The number of aliphatic imine (C=N–C) groups is 1. The van der Waals surface area contributed by atoms with Crippen LogP contribution in [0.1, 0.15) is 18.9 Å². The fraction of sp³-hybridized carbons (Fsp3) is 0.444. The van der Waals surface area contributed by atoms with Gasteiger partial charge in [0.2, 0.25) is 5.13 Å². The first-order valence-electron chi connectivity index (χ1n) is 4.60. The number of alkyl halides is 1. The zero-order chi connectivity index (χ0) is 11.1. The number of allylic oxidation sites excluding steroid dienone is 1. The van der Waals surface area contributed by atoms with Crippen LogP contribution in [-0.2, 0) is 6.42 Å². The van der Waals surface area contributed by atoms with Gasteiger partial charge in [-0.2, -0.15) is 0 Å². The van der Waals surface area contributed by atoms with Crippen LogP contribution in [0.15, 0.2) is 16.9 Å². The van der Waals surface area contributed by atoms with Gasteiger partial charge in [-0.25, -0.2) is 4.99 Å². The fourth-order valence-corrected chi connectivity index (χ4v) is 1.95. The highest BCUT2D eigenvalue weighted by atomic mass is 35.5. The minimum atomic E-state index is 0.568. The van der Waals surface area contributed by atoms with Crippen molar-refractivity contribution in [2.75, 3.05) is 11.2 Å². The number of hydrogen-bond donors (Lipinski definition) is 1. The Balaban J connectivity index is 2.63. The minimum Gasteiger partial charge on any atom is -0.315 e. The van der Waals surface area contributed by atoms with Gasteiger partial charge in [-0.3, -0.25) is 0 Å². The molecule has 0 fully saturated rings. The summed E-state index contributed by atoms with van der Waals surface area (Å²) in [7, 11) is 0. The van der Waals surface area contributed by atoms with E-state index < -0.39 is 0 Å². The molecule has 1 heterocycles. The molecule has 82 valence electrons. The molecule has 0 amide bonds. The van der Waals surface area contributed by atoms with E-state index in [1.54, 1.807) is 6.21 Å². The Bertz CT molecular complexity index is 359. The highest BCUT2D eigenvalue weighted by Gasteiger charge is 2.03. The van der Waals surface area contributed by atoms with Crippen molar-refractivity contribution >= 4 is 34.3 Å². The first-order valence-corrected chi connectivity index (χ1v) is 5.95. The Kier molecular flexibility index (Phi) is 5.28. The van der Waals surface area contributed by atoms with E-state index in [0.717, 1.165) is 22.4 Å².